The van der Waals surface area contributed by atoms with Crippen LogP contribution in [0.3, 0.4) is 0 Å². The number of carbonyl (C=O) groups excluding carboxylic acids is 1. The van der Waals surface area contributed by atoms with Gasteiger partial charge in [-0.05, 0) is 67.8 Å². The van der Waals surface area contributed by atoms with E-state index in [4.69, 9.17) is 0 Å². The number of hydrogen-bond donors (Lipinski definition) is 1. The Hall–Kier alpha value is -3.28. The second-order valence-corrected chi connectivity index (χ2v) is 6.76. The summed E-state index contributed by atoms with van der Waals surface area (Å²) < 4.78 is 14.4. The van der Waals surface area contributed by atoms with E-state index >= 15 is 0 Å². The van der Waals surface area contributed by atoms with Crippen molar-refractivity contribution in [2.24, 2.45) is 0 Å². The molecule has 3 aromatic rings. The molecule has 0 bridgehead atoms. The molecule has 0 fully saturated rings. The third-order valence-electron chi connectivity index (χ3n) is 4.45. The second-order valence-electron chi connectivity index (χ2n) is 6.76. The maximum absolute atomic E-state index is 13.1. The fourth-order valence-electron chi connectivity index (χ4n) is 2.86. The summed E-state index contributed by atoms with van der Waals surface area (Å²) in [6, 6.07) is 14.9. The molecule has 0 radical (unpaired) electrons. The van der Waals surface area contributed by atoms with Crippen molar-refractivity contribution >= 4 is 11.6 Å². The molecule has 6 heteroatoms. The number of halogens is 1. The smallest absolute Gasteiger partial charge is 0.266 e. The van der Waals surface area contributed by atoms with E-state index in [1.54, 1.807) is 18.2 Å². The van der Waals surface area contributed by atoms with E-state index in [1.807, 2.05) is 32.0 Å². The van der Waals surface area contributed by atoms with Crippen LogP contribution < -0.4 is 10.9 Å². The van der Waals surface area contributed by atoms with Gasteiger partial charge in [-0.1, -0.05) is 12.1 Å². The van der Waals surface area contributed by atoms with Crippen LogP contribution in [0.5, 0.6) is 0 Å². The molecule has 0 aliphatic rings. The van der Waals surface area contributed by atoms with Crippen LogP contribution in [0, 0.1) is 19.7 Å². The van der Waals surface area contributed by atoms with Crippen LogP contribution in [0.4, 0.5) is 10.1 Å². The number of carbonyl (C=O) groups is 1. The molecule has 28 heavy (non-hydrogen) atoms. The minimum absolute atomic E-state index is 0.101. The van der Waals surface area contributed by atoms with E-state index in [9.17, 15) is 14.0 Å². The van der Waals surface area contributed by atoms with Crippen molar-refractivity contribution in [3.63, 3.8) is 0 Å². The first-order valence-electron chi connectivity index (χ1n) is 9.13. The summed E-state index contributed by atoms with van der Waals surface area (Å²) >= 11 is 0. The number of benzene rings is 2. The van der Waals surface area contributed by atoms with Crippen molar-refractivity contribution < 1.29 is 9.18 Å². The molecule has 1 amide bonds. The maximum atomic E-state index is 13.1. The largest absolute Gasteiger partial charge is 0.326 e. The fourth-order valence-corrected chi connectivity index (χ4v) is 2.86. The molecule has 0 saturated heterocycles. The first-order valence-corrected chi connectivity index (χ1v) is 9.13. The van der Waals surface area contributed by atoms with Gasteiger partial charge in [0.05, 0.1) is 5.69 Å². The van der Waals surface area contributed by atoms with Crippen LogP contribution >= 0.6 is 0 Å². The van der Waals surface area contributed by atoms with E-state index in [-0.39, 0.29) is 23.7 Å². The summed E-state index contributed by atoms with van der Waals surface area (Å²) in [5, 5.41) is 7.24. The lowest BCUT2D eigenvalue weighted by molar-refractivity contribution is -0.116. The number of rotatable bonds is 6. The summed E-state index contributed by atoms with van der Waals surface area (Å²) in [4.78, 5) is 24.3. The van der Waals surface area contributed by atoms with Gasteiger partial charge in [-0.15, -0.1) is 0 Å². The van der Waals surface area contributed by atoms with Crippen molar-refractivity contribution in [1.82, 2.24) is 9.78 Å². The van der Waals surface area contributed by atoms with Gasteiger partial charge >= 0.3 is 0 Å². The first kappa shape index (κ1) is 19.5. The van der Waals surface area contributed by atoms with Crippen molar-refractivity contribution in [3.8, 4) is 11.3 Å². The highest BCUT2D eigenvalue weighted by molar-refractivity contribution is 5.91. The second kappa shape index (κ2) is 8.61. The predicted octanol–water partition coefficient (Wildman–Crippen LogP) is 4.09. The third-order valence-corrected chi connectivity index (χ3v) is 4.45. The highest BCUT2D eigenvalue weighted by Crippen LogP contribution is 2.17. The molecular formula is C22H22FN3O2. The molecule has 0 aliphatic carbocycles. The lowest BCUT2D eigenvalue weighted by Crippen LogP contribution is -2.23. The van der Waals surface area contributed by atoms with Gasteiger partial charge in [0.15, 0.2) is 0 Å². The van der Waals surface area contributed by atoms with Crippen LogP contribution in [0.2, 0.25) is 0 Å². The van der Waals surface area contributed by atoms with Crippen LogP contribution in [0.25, 0.3) is 11.3 Å². The minimum atomic E-state index is -0.327. The van der Waals surface area contributed by atoms with Crippen molar-refractivity contribution in [1.29, 1.82) is 0 Å². The molecule has 144 valence electrons. The normalized spacial score (nSPS) is 10.7. The van der Waals surface area contributed by atoms with Crippen LogP contribution in [0.15, 0.2) is 59.4 Å². The number of nitrogens with one attached hydrogen (secondary N) is 1. The number of aryl methyl sites for hydroxylation is 3. The molecule has 1 heterocycles. The van der Waals surface area contributed by atoms with Gasteiger partial charge in [-0.2, -0.15) is 5.10 Å². The SMILES string of the molecule is Cc1ccc(C)c(NC(=O)CCCn2nc(-c3ccc(F)cc3)ccc2=O)c1. The molecule has 0 unspecified atom stereocenters. The van der Waals surface area contributed by atoms with Gasteiger partial charge in [0.1, 0.15) is 5.82 Å². The average Bonchev–Trinajstić information content (AvgIpc) is 2.67. The topological polar surface area (TPSA) is 64.0 Å². The molecule has 3 rings (SSSR count). The Morgan fingerprint density at radius 1 is 1.07 bits per heavy atom. The zero-order chi connectivity index (χ0) is 20.1. The molecule has 0 aliphatic heterocycles. The Balaban J connectivity index is 1.62. The lowest BCUT2D eigenvalue weighted by Gasteiger charge is -2.10. The number of anilines is 1. The van der Waals surface area contributed by atoms with E-state index in [0.29, 0.717) is 18.7 Å². The molecular weight excluding hydrogens is 357 g/mol. The first-order chi connectivity index (χ1) is 13.4. The van der Waals surface area contributed by atoms with Crippen LogP contribution in [-0.2, 0) is 11.3 Å². The zero-order valence-corrected chi connectivity index (χ0v) is 15.9. The summed E-state index contributed by atoms with van der Waals surface area (Å²) in [7, 11) is 0. The Labute approximate surface area is 162 Å². The minimum Gasteiger partial charge on any atom is -0.326 e. The van der Waals surface area contributed by atoms with Crippen LogP contribution in [-0.4, -0.2) is 15.7 Å². The standard InChI is InChI=1S/C22H22FN3O2/c1-15-5-6-16(2)20(14-15)24-21(27)4-3-13-26-22(28)12-11-19(25-26)17-7-9-18(23)10-8-17/h5-12,14H,3-4,13H2,1-2H3,(H,24,27). The third kappa shape index (κ3) is 4.91. The molecule has 0 atom stereocenters. The van der Waals surface area contributed by atoms with Gasteiger partial charge in [0.2, 0.25) is 5.91 Å². The monoisotopic (exact) mass is 379 g/mol. The highest BCUT2D eigenvalue weighted by atomic mass is 19.1. The van der Waals surface area contributed by atoms with Gasteiger partial charge in [0, 0.05) is 30.3 Å². The van der Waals surface area contributed by atoms with Crippen molar-refractivity contribution in [2.45, 2.75) is 33.2 Å². The fraction of sp³-hybridized carbons (Fsp3) is 0.227. The number of hydrogen-bond acceptors (Lipinski definition) is 3. The molecule has 2 aromatic carbocycles. The maximum Gasteiger partial charge on any atom is 0.266 e. The Kier molecular flexibility index (Phi) is 5.99. The summed E-state index contributed by atoms with van der Waals surface area (Å²) in [6.07, 6.45) is 0.763. The van der Waals surface area contributed by atoms with Gasteiger partial charge in [-0.25, -0.2) is 9.07 Å². The van der Waals surface area contributed by atoms with Gasteiger partial charge in [-0.3, -0.25) is 9.59 Å². The predicted molar refractivity (Wildman–Crippen MR) is 108 cm³/mol. The zero-order valence-electron chi connectivity index (χ0n) is 15.9. The van der Waals surface area contributed by atoms with E-state index in [0.717, 1.165) is 22.4 Å². The Morgan fingerprint density at radius 2 is 1.82 bits per heavy atom. The van der Waals surface area contributed by atoms with E-state index in [1.165, 1.54) is 22.9 Å². The summed E-state index contributed by atoms with van der Waals surface area (Å²) in [5.74, 6) is -0.427. The van der Waals surface area contributed by atoms with E-state index in [2.05, 4.69) is 10.4 Å². The Bertz CT molecular complexity index is 1040. The molecule has 0 spiro atoms. The lowest BCUT2D eigenvalue weighted by atomic mass is 10.1. The van der Waals surface area contributed by atoms with Gasteiger partial charge in [0.25, 0.3) is 5.56 Å². The summed E-state index contributed by atoms with van der Waals surface area (Å²) in [6.45, 7) is 4.24. The quantitative estimate of drug-likeness (QED) is 0.702. The molecule has 5 nitrogen and oxygen atoms in total. The average molecular weight is 379 g/mol. The van der Waals surface area contributed by atoms with Crippen molar-refractivity contribution in [3.05, 3.63) is 81.9 Å². The van der Waals surface area contributed by atoms with E-state index < -0.39 is 0 Å². The number of aromatic nitrogens is 2. The number of nitrogens with zero attached hydrogens (tertiary/aromatic N) is 2. The highest BCUT2D eigenvalue weighted by Gasteiger charge is 2.07. The van der Waals surface area contributed by atoms with Crippen molar-refractivity contribution in [2.75, 3.05) is 5.32 Å². The molecule has 1 N–H and O–H groups in total. The van der Waals surface area contributed by atoms with Crippen LogP contribution in [0.1, 0.15) is 24.0 Å². The molecule has 1 aromatic heterocycles. The number of amides is 1. The molecule has 0 saturated carbocycles. The van der Waals surface area contributed by atoms with Gasteiger partial charge < -0.3 is 5.32 Å². The Morgan fingerprint density at radius 3 is 2.57 bits per heavy atom. The summed E-state index contributed by atoms with van der Waals surface area (Å²) in [5.41, 5.74) is 3.96.